The number of anilines is 9. The molecule has 7 aromatic carbocycles. The highest BCUT2D eigenvalue weighted by atomic mass is 16.3. The van der Waals surface area contributed by atoms with E-state index in [-0.39, 0.29) is 50.0 Å². The highest BCUT2D eigenvalue weighted by molar-refractivity contribution is 7.00. The van der Waals surface area contributed by atoms with Crippen LogP contribution < -0.4 is 31.3 Å². The Morgan fingerprint density at radius 2 is 0.863 bits per heavy atom. The molecule has 5 aliphatic rings. The number of furan rings is 1. The van der Waals surface area contributed by atoms with Gasteiger partial charge in [-0.3, -0.25) is 0 Å². The van der Waals surface area contributed by atoms with E-state index in [0.717, 1.165) is 42.6 Å². The molecule has 1 aromatic heterocycles. The number of hydrogen-bond donors (Lipinski definition) is 0. The first-order valence-corrected chi connectivity index (χ1v) is 30.1. The molecule has 0 spiro atoms. The molecule has 0 radical (unpaired) electrons. The Labute approximate surface area is 480 Å². The number of benzene rings is 7. The third kappa shape index (κ3) is 7.81. The summed E-state index contributed by atoms with van der Waals surface area (Å²) >= 11 is 0. The van der Waals surface area contributed by atoms with Crippen molar-refractivity contribution in [1.29, 1.82) is 0 Å². The monoisotopic (exact) mass is 1060 g/mol. The smallest absolute Gasteiger partial charge is 0.297 e. The molecular formula is C75H86BN3O. The Hall–Kier alpha value is -6.46. The van der Waals surface area contributed by atoms with E-state index in [1.54, 1.807) is 0 Å². The van der Waals surface area contributed by atoms with Crippen LogP contribution in [0.4, 0.5) is 51.2 Å². The van der Waals surface area contributed by atoms with E-state index in [4.69, 9.17) is 4.42 Å². The van der Waals surface area contributed by atoms with E-state index in [9.17, 15) is 0 Å². The fourth-order valence-corrected chi connectivity index (χ4v) is 14.9. The second-order valence-electron chi connectivity index (χ2n) is 31.3. The molecule has 0 saturated carbocycles. The molecule has 0 bridgehead atoms. The van der Waals surface area contributed by atoms with E-state index >= 15 is 0 Å². The molecule has 0 amide bonds. The standard InChI is InChI=1S/C75H86BN3O/c1-68(2,3)45-28-31-61-58(39-45)76-65-62(78(61)49-37-46(69(4,5)6)36-47(38-49)70(7,8)9)41-50(77-59-26-22-20-24-53(59)75(18,19)54-25-21-23-27-60(54)77)42-63(65)79(48-29-30-52-55(40-48)72(12,13)33-32-71(52,10)11)66-51-43-56-57(44-64(51)80-67(66)76)74(16,17)35-34-73(56,14)15/h20-31,36-44H,32-35H2,1-19H3. The van der Waals surface area contributed by atoms with E-state index in [1.807, 2.05) is 0 Å². The Morgan fingerprint density at radius 1 is 0.388 bits per heavy atom. The summed E-state index contributed by atoms with van der Waals surface area (Å²) in [5.74, 6) is 0. The van der Waals surface area contributed by atoms with Crippen LogP contribution in [-0.4, -0.2) is 6.71 Å². The Balaban J connectivity index is 1.22. The molecule has 5 heteroatoms. The molecule has 4 heterocycles. The lowest BCUT2D eigenvalue weighted by Gasteiger charge is -2.46. The lowest BCUT2D eigenvalue weighted by molar-refractivity contribution is 0.332. The molecular weight excluding hydrogens is 970 g/mol. The maximum absolute atomic E-state index is 7.85. The summed E-state index contributed by atoms with van der Waals surface area (Å²) in [6, 6.07) is 50.9. The summed E-state index contributed by atoms with van der Waals surface area (Å²) in [5, 5.41) is 1.19. The largest absolute Gasteiger partial charge is 0.468 e. The fraction of sp³-hybridized carbons (Fsp3) is 0.413. The van der Waals surface area contributed by atoms with Crippen LogP contribution in [-0.2, 0) is 43.3 Å². The minimum absolute atomic E-state index is 0.00175. The summed E-state index contributed by atoms with van der Waals surface area (Å²) in [5.41, 5.74) is 27.2. The Bertz CT molecular complexity index is 3830. The van der Waals surface area contributed by atoms with Gasteiger partial charge in [0.2, 0.25) is 0 Å². The van der Waals surface area contributed by atoms with Gasteiger partial charge in [0.1, 0.15) is 5.58 Å². The molecule has 0 N–H and O–H groups in total. The highest BCUT2D eigenvalue weighted by Crippen LogP contribution is 2.57. The first-order valence-electron chi connectivity index (χ1n) is 30.1. The van der Waals surface area contributed by atoms with Gasteiger partial charge in [-0.15, -0.1) is 0 Å². The topological polar surface area (TPSA) is 22.9 Å². The maximum atomic E-state index is 7.85. The molecule has 13 rings (SSSR count). The number of fused-ring (bicyclic) bond motifs is 10. The van der Waals surface area contributed by atoms with Crippen LogP contribution in [0.3, 0.4) is 0 Å². The SMILES string of the molecule is CC(C)(C)c1cc(N2c3ccc(C(C)(C)C)cc3B3c4oc5cc6c(cc5c4N(c4ccc5c(c4)C(C)(C)CCC5(C)C)c4cc(N5c7ccccc7C(C)(C)c7ccccc75)cc2c43)C(C)(C)CCC6(C)C)cc(C(C)(C)C)c1. The van der Waals surface area contributed by atoms with Crippen molar-refractivity contribution in [2.24, 2.45) is 0 Å². The number of rotatable bonds is 3. The number of nitrogens with zero attached hydrogens (tertiary/aromatic N) is 3. The summed E-state index contributed by atoms with van der Waals surface area (Å²) in [6.45, 7) is 45.5. The molecule has 8 aromatic rings. The van der Waals surface area contributed by atoms with Crippen LogP contribution in [0.5, 0.6) is 0 Å². The normalized spacial score (nSPS) is 18.9. The second kappa shape index (κ2) is 16.8. The van der Waals surface area contributed by atoms with Crippen LogP contribution in [0, 0.1) is 0 Å². The molecule has 0 atom stereocenters. The lowest BCUT2D eigenvalue weighted by atomic mass is 9.35. The van der Waals surface area contributed by atoms with Crippen LogP contribution in [0.25, 0.3) is 11.0 Å². The zero-order chi connectivity index (χ0) is 57.0. The van der Waals surface area contributed by atoms with Crippen LogP contribution in [0.15, 0.2) is 132 Å². The van der Waals surface area contributed by atoms with Crippen molar-refractivity contribution in [3.63, 3.8) is 0 Å². The molecule has 3 aliphatic heterocycles. The van der Waals surface area contributed by atoms with Gasteiger partial charge in [-0.25, -0.2) is 0 Å². The summed E-state index contributed by atoms with van der Waals surface area (Å²) < 4.78 is 7.85. The predicted molar refractivity (Wildman–Crippen MR) is 344 cm³/mol. The van der Waals surface area contributed by atoms with E-state index in [2.05, 4.69) is 274 Å². The predicted octanol–water partition coefficient (Wildman–Crippen LogP) is 19.2. The van der Waals surface area contributed by atoms with Gasteiger partial charge in [0.05, 0.1) is 28.4 Å². The summed E-state index contributed by atoms with van der Waals surface area (Å²) in [7, 11) is 0. The molecule has 80 heavy (non-hydrogen) atoms. The van der Waals surface area contributed by atoms with Crippen LogP contribution in [0.1, 0.15) is 207 Å². The van der Waals surface area contributed by atoms with Crippen molar-refractivity contribution >= 4 is 85.5 Å². The molecule has 0 fully saturated rings. The van der Waals surface area contributed by atoms with Crippen LogP contribution >= 0.6 is 0 Å². The van der Waals surface area contributed by atoms with Crippen molar-refractivity contribution < 1.29 is 4.42 Å². The average molecular weight is 1060 g/mol. The fourth-order valence-electron chi connectivity index (χ4n) is 14.9. The first-order chi connectivity index (χ1) is 37.3. The average Bonchev–Trinajstić information content (AvgIpc) is 1.60. The van der Waals surface area contributed by atoms with Gasteiger partial charge >= 0.3 is 0 Å². The van der Waals surface area contributed by atoms with Gasteiger partial charge in [-0.2, -0.15) is 0 Å². The minimum atomic E-state index is -0.217. The molecule has 410 valence electrons. The van der Waals surface area contributed by atoms with E-state index < -0.39 is 0 Å². The van der Waals surface area contributed by atoms with Gasteiger partial charge in [-0.05, 0) is 191 Å². The maximum Gasteiger partial charge on any atom is 0.297 e. The second-order valence-corrected chi connectivity index (χ2v) is 31.3. The lowest BCUT2D eigenvalue weighted by Crippen LogP contribution is -2.61. The first kappa shape index (κ1) is 52.9. The molecule has 0 saturated heterocycles. The third-order valence-corrected chi connectivity index (χ3v) is 20.4. The van der Waals surface area contributed by atoms with Crippen LogP contribution in [0.2, 0.25) is 0 Å². The van der Waals surface area contributed by atoms with Gasteiger partial charge in [0.25, 0.3) is 6.71 Å². The van der Waals surface area contributed by atoms with Crippen molar-refractivity contribution in [3.05, 3.63) is 177 Å². The van der Waals surface area contributed by atoms with Gasteiger partial charge in [0.15, 0.2) is 0 Å². The van der Waals surface area contributed by atoms with E-state index in [1.165, 1.54) is 112 Å². The Kier molecular flexibility index (Phi) is 11.1. The molecule has 2 aliphatic carbocycles. The molecule has 4 nitrogen and oxygen atoms in total. The summed E-state index contributed by atoms with van der Waals surface area (Å²) in [4.78, 5) is 7.93. The highest BCUT2D eigenvalue weighted by Gasteiger charge is 2.50. The summed E-state index contributed by atoms with van der Waals surface area (Å²) in [6.07, 6.45) is 4.57. The van der Waals surface area contributed by atoms with Crippen molar-refractivity contribution in [2.75, 3.05) is 14.7 Å². The van der Waals surface area contributed by atoms with E-state index in [0.29, 0.717) is 0 Å². The number of para-hydroxylation sites is 2. The van der Waals surface area contributed by atoms with Gasteiger partial charge in [-0.1, -0.05) is 192 Å². The Morgan fingerprint density at radius 3 is 1.41 bits per heavy atom. The zero-order valence-corrected chi connectivity index (χ0v) is 51.8. The minimum Gasteiger partial charge on any atom is -0.468 e. The van der Waals surface area contributed by atoms with Crippen molar-refractivity contribution in [3.8, 4) is 0 Å². The molecule has 0 unspecified atom stereocenters. The number of hydrogen-bond acceptors (Lipinski definition) is 4. The zero-order valence-electron chi connectivity index (χ0n) is 51.8. The third-order valence-electron chi connectivity index (χ3n) is 20.4. The van der Waals surface area contributed by atoms with Gasteiger partial charge < -0.3 is 19.1 Å². The van der Waals surface area contributed by atoms with Crippen molar-refractivity contribution in [2.45, 2.75) is 201 Å². The van der Waals surface area contributed by atoms with Gasteiger partial charge in [0, 0.05) is 39.2 Å². The van der Waals surface area contributed by atoms with Crippen molar-refractivity contribution in [1.82, 2.24) is 0 Å². The quantitative estimate of drug-likeness (QED) is 0.165.